The Morgan fingerprint density at radius 3 is 2.95 bits per heavy atom. The lowest BCUT2D eigenvalue weighted by Crippen LogP contribution is -2.20. The van der Waals surface area contributed by atoms with Crippen LogP contribution in [0.2, 0.25) is 5.02 Å². The minimum absolute atomic E-state index is 0.360. The first-order chi connectivity index (χ1) is 9.79. The first-order valence-corrected chi connectivity index (χ1v) is 8.53. The van der Waals surface area contributed by atoms with Gasteiger partial charge in [0.25, 0.3) is 0 Å². The fourth-order valence-electron chi connectivity index (χ4n) is 3.29. The number of aryl methyl sites for hydroxylation is 1. The highest BCUT2D eigenvalue weighted by Gasteiger charge is 2.24. The summed E-state index contributed by atoms with van der Waals surface area (Å²) in [4.78, 5) is 1.28. The number of benzene rings is 1. The predicted molar refractivity (Wildman–Crippen MR) is 87.9 cm³/mol. The maximum Gasteiger partial charge on any atom is 0.0561 e. The van der Waals surface area contributed by atoms with Crippen LogP contribution >= 0.6 is 22.9 Å². The lowest BCUT2D eigenvalue weighted by Gasteiger charge is -2.28. The zero-order valence-corrected chi connectivity index (χ0v) is 13.3. The second kappa shape index (κ2) is 6.30. The van der Waals surface area contributed by atoms with Crippen LogP contribution in [0, 0.1) is 0 Å². The van der Waals surface area contributed by atoms with Crippen LogP contribution in [0.15, 0.2) is 35.7 Å². The number of nitrogens with one attached hydrogen (secondary N) is 1. The highest BCUT2D eigenvalue weighted by Crippen LogP contribution is 2.40. The number of thiophene rings is 1. The molecule has 1 N–H and O–H groups in total. The summed E-state index contributed by atoms with van der Waals surface area (Å²) in [6, 6.07) is 11.3. The van der Waals surface area contributed by atoms with Gasteiger partial charge in [-0.25, -0.2) is 0 Å². The van der Waals surface area contributed by atoms with Gasteiger partial charge in [-0.15, -0.1) is 11.3 Å². The van der Waals surface area contributed by atoms with Crippen LogP contribution in [-0.2, 0) is 6.42 Å². The summed E-state index contributed by atoms with van der Waals surface area (Å²) in [5, 5.41) is 6.43. The Morgan fingerprint density at radius 1 is 1.35 bits per heavy atom. The minimum Gasteiger partial charge on any atom is -0.312 e. The van der Waals surface area contributed by atoms with Crippen molar-refractivity contribution in [2.45, 2.75) is 37.6 Å². The average molecular weight is 306 g/mol. The maximum atomic E-state index is 6.30. The quantitative estimate of drug-likeness (QED) is 0.821. The summed E-state index contributed by atoms with van der Waals surface area (Å²) in [6.07, 6.45) is 4.96. The molecule has 0 saturated heterocycles. The van der Waals surface area contributed by atoms with Crippen LogP contribution in [0.4, 0.5) is 0 Å². The zero-order valence-electron chi connectivity index (χ0n) is 11.7. The summed E-state index contributed by atoms with van der Waals surface area (Å²) in [5.74, 6) is 0.649. The van der Waals surface area contributed by atoms with Gasteiger partial charge in [-0.05, 0) is 61.2 Å². The Balaban J connectivity index is 1.82. The monoisotopic (exact) mass is 305 g/mol. The zero-order chi connectivity index (χ0) is 13.9. The van der Waals surface area contributed by atoms with Gasteiger partial charge in [0.15, 0.2) is 0 Å². The van der Waals surface area contributed by atoms with E-state index in [4.69, 9.17) is 11.6 Å². The second-order valence-corrected chi connectivity index (χ2v) is 6.85. The van der Waals surface area contributed by atoms with Crippen LogP contribution in [-0.4, -0.2) is 7.05 Å². The first-order valence-electron chi connectivity index (χ1n) is 7.27. The molecule has 0 fully saturated rings. The minimum atomic E-state index is 0.360. The van der Waals surface area contributed by atoms with Gasteiger partial charge in [-0.1, -0.05) is 35.9 Å². The van der Waals surface area contributed by atoms with Gasteiger partial charge in [0.2, 0.25) is 0 Å². The molecule has 2 unspecified atom stereocenters. The predicted octanol–water partition coefficient (Wildman–Crippen LogP) is 5.17. The summed E-state index contributed by atoms with van der Waals surface area (Å²) >= 11 is 8.06. The summed E-state index contributed by atoms with van der Waals surface area (Å²) in [7, 11) is 2.04. The topological polar surface area (TPSA) is 12.0 Å². The van der Waals surface area contributed by atoms with E-state index in [-0.39, 0.29) is 0 Å². The van der Waals surface area contributed by atoms with Gasteiger partial charge in [0.1, 0.15) is 0 Å². The SMILES string of the molecule is CNC(CC1CCCc2ccccc21)c1sccc1Cl. The molecule has 1 aliphatic carbocycles. The van der Waals surface area contributed by atoms with Crippen molar-refractivity contribution in [1.29, 1.82) is 0 Å². The van der Waals surface area contributed by atoms with Gasteiger partial charge in [-0.2, -0.15) is 0 Å². The van der Waals surface area contributed by atoms with Crippen LogP contribution in [0.1, 0.15) is 47.2 Å². The van der Waals surface area contributed by atoms with E-state index in [9.17, 15) is 0 Å². The van der Waals surface area contributed by atoms with Gasteiger partial charge in [-0.3, -0.25) is 0 Å². The molecule has 20 heavy (non-hydrogen) atoms. The molecule has 0 aliphatic heterocycles. The summed E-state index contributed by atoms with van der Waals surface area (Å²) in [6.45, 7) is 0. The molecule has 0 spiro atoms. The van der Waals surface area contributed by atoms with Crippen LogP contribution in [0.25, 0.3) is 0 Å². The van der Waals surface area contributed by atoms with E-state index in [1.165, 1.54) is 29.7 Å². The third-order valence-electron chi connectivity index (χ3n) is 4.32. The number of fused-ring (bicyclic) bond motifs is 1. The highest BCUT2D eigenvalue weighted by molar-refractivity contribution is 7.10. The van der Waals surface area contributed by atoms with Gasteiger partial charge >= 0.3 is 0 Å². The van der Waals surface area contributed by atoms with E-state index in [2.05, 4.69) is 35.0 Å². The lowest BCUT2D eigenvalue weighted by atomic mass is 9.79. The average Bonchev–Trinajstić information content (AvgIpc) is 2.91. The molecule has 3 rings (SSSR count). The van der Waals surface area contributed by atoms with Gasteiger partial charge in [0.05, 0.1) is 5.02 Å². The molecule has 1 aromatic heterocycles. The molecule has 0 saturated carbocycles. The summed E-state index contributed by atoms with van der Waals surface area (Å²) in [5.41, 5.74) is 3.09. The molecule has 0 radical (unpaired) electrons. The Morgan fingerprint density at radius 2 is 2.20 bits per heavy atom. The molecule has 1 aliphatic rings. The molecule has 3 heteroatoms. The van der Waals surface area contributed by atoms with Crippen molar-refractivity contribution < 1.29 is 0 Å². The van der Waals surface area contributed by atoms with Crippen molar-refractivity contribution in [1.82, 2.24) is 5.32 Å². The molecule has 1 aromatic carbocycles. The Labute approximate surface area is 130 Å². The van der Waals surface area contributed by atoms with E-state index < -0.39 is 0 Å². The van der Waals surface area contributed by atoms with Crippen molar-refractivity contribution in [3.63, 3.8) is 0 Å². The largest absolute Gasteiger partial charge is 0.312 e. The molecule has 106 valence electrons. The van der Waals surface area contributed by atoms with Crippen molar-refractivity contribution in [3.8, 4) is 0 Å². The van der Waals surface area contributed by atoms with Gasteiger partial charge in [0, 0.05) is 10.9 Å². The number of hydrogen-bond donors (Lipinski definition) is 1. The maximum absolute atomic E-state index is 6.30. The van der Waals surface area contributed by atoms with Gasteiger partial charge < -0.3 is 5.32 Å². The number of hydrogen-bond acceptors (Lipinski definition) is 2. The molecule has 1 heterocycles. The molecule has 2 atom stereocenters. The Hall–Kier alpha value is -0.830. The molecule has 1 nitrogen and oxygen atoms in total. The van der Waals surface area contributed by atoms with E-state index in [0.29, 0.717) is 12.0 Å². The fraction of sp³-hybridized carbons (Fsp3) is 0.412. The normalized spacial score (nSPS) is 19.6. The van der Waals surface area contributed by atoms with E-state index >= 15 is 0 Å². The van der Waals surface area contributed by atoms with Crippen molar-refractivity contribution in [2.75, 3.05) is 7.05 Å². The highest BCUT2D eigenvalue weighted by atomic mass is 35.5. The standard InChI is InChI=1S/C17H20ClNS/c1-19-16(17-15(18)9-10-20-17)11-13-7-4-6-12-5-2-3-8-14(12)13/h2-3,5,8-10,13,16,19H,4,6-7,11H2,1H3. The molecule has 0 amide bonds. The molecule has 2 aromatic rings. The fourth-order valence-corrected chi connectivity index (χ4v) is 4.61. The first kappa shape index (κ1) is 14.1. The van der Waals surface area contributed by atoms with Crippen molar-refractivity contribution in [3.05, 3.63) is 56.7 Å². The number of halogens is 1. The van der Waals surface area contributed by atoms with E-state index in [1.54, 1.807) is 16.9 Å². The number of rotatable bonds is 4. The molecular weight excluding hydrogens is 286 g/mol. The molecular formula is C17H20ClNS. The third kappa shape index (κ3) is 2.78. The third-order valence-corrected chi connectivity index (χ3v) is 5.80. The van der Waals surface area contributed by atoms with E-state index in [1.807, 2.05) is 13.1 Å². The summed E-state index contributed by atoms with van der Waals surface area (Å²) < 4.78 is 0. The smallest absolute Gasteiger partial charge is 0.0561 e. The van der Waals surface area contributed by atoms with Crippen LogP contribution < -0.4 is 5.32 Å². The van der Waals surface area contributed by atoms with E-state index in [0.717, 1.165) is 11.4 Å². The van der Waals surface area contributed by atoms with Crippen LogP contribution in [0.3, 0.4) is 0 Å². The Bertz CT molecular complexity index is 578. The van der Waals surface area contributed by atoms with Crippen molar-refractivity contribution in [2.24, 2.45) is 0 Å². The van der Waals surface area contributed by atoms with Crippen molar-refractivity contribution >= 4 is 22.9 Å². The van der Waals surface area contributed by atoms with Crippen LogP contribution in [0.5, 0.6) is 0 Å². The molecule has 0 bridgehead atoms. The lowest BCUT2D eigenvalue weighted by molar-refractivity contribution is 0.444. The Kier molecular flexibility index (Phi) is 4.45. The second-order valence-electron chi connectivity index (χ2n) is 5.50.